The van der Waals surface area contributed by atoms with Gasteiger partial charge in [-0.2, -0.15) is 5.10 Å². The second kappa shape index (κ2) is 5.28. The summed E-state index contributed by atoms with van der Waals surface area (Å²) < 4.78 is 7.17. The van der Waals surface area contributed by atoms with Crippen LogP contribution in [0.3, 0.4) is 0 Å². The molecule has 19 heavy (non-hydrogen) atoms. The van der Waals surface area contributed by atoms with Gasteiger partial charge in [-0.3, -0.25) is 9.48 Å². The van der Waals surface area contributed by atoms with Crippen molar-refractivity contribution in [1.82, 2.24) is 15.1 Å². The first-order chi connectivity index (χ1) is 9.22. The molecular formula is C12H18N4O3. The summed E-state index contributed by atoms with van der Waals surface area (Å²) in [6, 6.07) is 1.83. The van der Waals surface area contributed by atoms with E-state index in [0.29, 0.717) is 38.5 Å². The Bertz CT molecular complexity index is 450. The Labute approximate surface area is 110 Å². The summed E-state index contributed by atoms with van der Waals surface area (Å²) in [5, 5.41) is 19.8. The number of β-amino-alcohol motifs (C(OH)–C–C–N with tert-alkyl or cyclic N) is 1. The number of aliphatic hydroxyl groups excluding tert-OH is 1. The summed E-state index contributed by atoms with van der Waals surface area (Å²) in [5.74, 6) is 0.440. The predicted molar refractivity (Wildman–Crippen MR) is 67.5 cm³/mol. The highest BCUT2D eigenvalue weighted by atomic mass is 16.5. The summed E-state index contributed by atoms with van der Waals surface area (Å²) in [6.45, 7) is 3.16. The molecule has 3 heterocycles. The largest absolute Gasteiger partial charge is 0.391 e. The SMILES string of the molecule is O=C(C[C@@H]1CNC[C@H]1O)Nc1cc2n(n1)CCOC2. The summed E-state index contributed by atoms with van der Waals surface area (Å²) in [4.78, 5) is 11.9. The van der Waals surface area contributed by atoms with Gasteiger partial charge in [-0.15, -0.1) is 0 Å². The van der Waals surface area contributed by atoms with Gasteiger partial charge >= 0.3 is 0 Å². The molecule has 2 aliphatic rings. The van der Waals surface area contributed by atoms with Crippen molar-refractivity contribution in [3.8, 4) is 0 Å². The summed E-state index contributed by atoms with van der Waals surface area (Å²) >= 11 is 0. The maximum Gasteiger partial charge on any atom is 0.225 e. The fourth-order valence-corrected chi connectivity index (χ4v) is 2.51. The third-order valence-corrected chi connectivity index (χ3v) is 3.58. The fourth-order valence-electron chi connectivity index (χ4n) is 2.51. The number of fused-ring (bicyclic) bond motifs is 1. The lowest BCUT2D eigenvalue weighted by Crippen LogP contribution is -2.24. The number of ether oxygens (including phenoxy) is 1. The predicted octanol–water partition coefficient (Wildman–Crippen LogP) is -0.678. The number of nitrogens with zero attached hydrogens (tertiary/aromatic N) is 2. The van der Waals surface area contributed by atoms with Crippen LogP contribution in [-0.4, -0.2) is 46.6 Å². The molecule has 1 amide bonds. The molecular weight excluding hydrogens is 248 g/mol. The van der Waals surface area contributed by atoms with Crippen LogP contribution in [0.2, 0.25) is 0 Å². The van der Waals surface area contributed by atoms with Crippen molar-refractivity contribution in [1.29, 1.82) is 0 Å². The van der Waals surface area contributed by atoms with Crippen molar-refractivity contribution in [3.05, 3.63) is 11.8 Å². The van der Waals surface area contributed by atoms with Crippen molar-refractivity contribution in [2.45, 2.75) is 25.7 Å². The molecule has 1 aromatic heterocycles. The molecule has 7 nitrogen and oxygen atoms in total. The van der Waals surface area contributed by atoms with Crippen molar-refractivity contribution in [3.63, 3.8) is 0 Å². The summed E-state index contributed by atoms with van der Waals surface area (Å²) in [6.07, 6.45) is -0.123. The van der Waals surface area contributed by atoms with Crippen LogP contribution in [0.15, 0.2) is 6.07 Å². The van der Waals surface area contributed by atoms with Crippen LogP contribution < -0.4 is 10.6 Å². The first-order valence-electron chi connectivity index (χ1n) is 6.55. The van der Waals surface area contributed by atoms with Gasteiger partial charge in [-0.1, -0.05) is 0 Å². The molecule has 0 unspecified atom stereocenters. The second-order valence-electron chi connectivity index (χ2n) is 5.03. The third kappa shape index (κ3) is 2.78. The molecule has 1 fully saturated rings. The number of aliphatic hydroxyl groups is 1. The maximum absolute atomic E-state index is 11.9. The number of nitrogens with one attached hydrogen (secondary N) is 2. The van der Waals surface area contributed by atoms with E-state index in [1.165, 1.54) is 0 Å². The molecule has 0 radical (unpaired) electrons. The van der Waals surface area contributed by atoms with E-state index in [0.717, 1.165) is 12.2 Å². The van der Waals surface area contributed by atoms with Gasteiger partial charge in [-0.05, 0) is 0 Å². The monoisotopic (exact) mass is 266 g/mol. The molecule has 2 atom stereocenters. The smallest absolute Gasteiger partial charge is 0.225 e. The zero-order chi connectivity index (χ0) is 13.2. The molecule has 0 aliphatic carbocycles. The Hall–Kier alpha value is -1.44. The Morgan fingerprint density at radius 3 is 3.26 bits per heavy atom. The Kier molecular flexibility index (Phi) is 3.50. The van der Waals surface area contributed by atoms with E-state index in [2.05, 4.69) is 15.7 Å². The van der Waals surface area contributed by atoms with Crippen LogP contribution in [0.1, 0.15) is 12.1 Å². The number of hydrogen-bond donors (Lipinski definition) is 3. The lowest BCUT2D eigenvalue weighted by molar-refractivity contribution is -0.117. The van der Waals surface area contributed by atoms with Crippen molar-refractivity contribution < 1.29 is 14.6 Å². The highest BCUT2D eigenvalue weighted by Gasteiger charge is 2.27. The molecule has 3 N–H and O–H groups in total. The second-order valence-corrected chi connectivity index (χ2v) is 5.03. The third-order valence-electron chi connectivity index (χ3n) is 3.58. The number of amides is 1. The van der Waals surface area contributed by atoms with E-state index in [-0.39, 0.29) is 11.8 Å². The standard InChI is InChI=1S/C12H18N4O3/c17-10-6-13-5-8(10)3-12(18)14-11-4-9-7-19-2-1-16(9)15-11/h4,8,10,13,17H,1-3,5-7H2,(H,14,15,18)/t8-,10-/m1/s1. The van der Waals surface area contributed by atoms with E-state index < -0.39 is 6.10 Å². The first kappa shape index (κ1) is 12.6. The quantitative estimate of drug-likeness (QED) is 0.675. The van der Waals surface area contributed by atoms with E-state index in [1.807, 2.05) is 10.7 Å². The minimum Gasteiger partial charge on any atom is -0.391 e. The summed E-state index contributed by atoms with van der Waals surface area (Å²) in [5.41, 5.74) is 0.976. The minimum atomic E-state index is -0.436. The van der Waals surface area contributed by atoms with Crippen LogP contribution in [0.5, 0.6) is 0 Å². The molecule has 7 heteroatoms. The highest BCUT2D eigenvalue weighted by molar-refractivity contribution is 5.90. The molecule has 0 saturated carbocycles. The lowest BCUT2D eigenvalue weighted by Gasteiger charge is -2.13. The Morgan fingerprint density at radius 1 is 1.63 bits per heavy atom. The molecule has 1 saturated heterocycles. The van der Waals surface area contributed by atoms with E-state index in [4.69, 9.17) is 4.74 Å². The zero-order valence-corrected chi connectivity index (χ0v) is 10.6. The number of carbonyl (C=O) groups excluding carboxylic acids is 1. The van der Waals surface area contributed by atoms with Gasteiger partial charge < -0.3 is 20.5 Å². The lowest BCUT2D eigenvalue weighted by atomic mass is 10.0. The van der Waals surface area contributed by atoms with Gasteiger partial charge in [-0.25, -0.2) is 0 Å². The minimum absolute atomic E-state index is 0.0134. The van der Waals surface area contributed by atoms with Crippen molar-refractivity contribution >= 4 is 11.7 Å². The molecule has 0 spiro atoms. The van der Waals surface area contributed by atoms with E-state index >= 15 is 0 Å². The average molecular weight is 266 g/mol. The zero-order valence-electron chi connectivity index (χ0n) is 10.6. The Morgan fingerprint density at radius 2 is 2.53 bits per heavy atom. The molecule has 0 bridgehead atoms. The summed E-state index contributed by atoms with van der Waals surface area (Å²) in [7, 11) is 0. The number of anilines is 1. The van der Waals surface area contributed by atoms with Crippen LogP contribution in [0.25, 0.3) is 0 Å². The Balaban J connectivity index is 1.58. The van der Waals surface area contributed by atoms with Crippen molar-refractivity contribution in [2.75, 3.05) is 25.0 Å². The molecule has 3 rings (SSSR count). The normalized spacial score (nSPS) is 26.2. The molecule has 0 aromatic carbocycles. The fraction of sp³-hybridized carbons (Fsp3) is 0.667. The van der Waals surface area contributed by atoms with Crippen LogP contribution in [0.4, 0.5) is 5.82 Å². The topological polar surface area (TPSA) is 88.4 Å². The van der Waals surface area contributed by atoms with Gasteiger partial charge in [0.2, 0.25) is 5.91 Å². The van der Waals surface area contributed by atoms with Gasteiger partial charge in [0, 0.05) is 31.5 Å². The van der Waals surface area contributed by atoms with E-state index in [1.54, 1.807) is 0 Å². The highest BCUT2D eigenvalue weighted by Crippen LogP contribution is 2.17. The van der Waals surface area contributed by atoms with Crippen LogP contribution >= 0.6 is 0 Å². The maximum atomic E-state index is 11.9. The van der Waals surface area contributed by atoms with E-state index in [9.17, 15) is 9.90 Å². The molecule has 1 aromatic rings. The van der Waals surface area contributed by atoms with Gasteiger partial charge in [0.25, 0.3) is 0 Å². The number of hydrogen-bond acceptors (Lipinski definition) is 5. The number of carbonyl (C=O) groups is 1. The molecule has 2 aliphatic heterocycles. The number of aromatic nitrogens is 2. The van der Waals surface area contributed by atoms with Gasteiger partial charge in [0.15, 0.2) is 5.82 Å². The van der Waals surface area contributed by atoms with Crippen molar-refractivity contribution in [2.24, 2.45) is 5.92 Å². The van der Waals surface area contributed by atoms with Crippen LogP contribution in [0, 0.1) is 5.92 Å². The molecule has 104 valence electrons. The first-order valence-corrected chi connectivity index (χ1v) is 6.55. The average Bonchev–Trinajstić information content (AvgIpc) is 2.95. The van der Waals surface area contributed by atoms with Gasteiger partial charge in [0.05, 0.1) is 31.6 Å². The number of rotatable bonds is 3. The van der Waals surface area contributed by atoms with Gasteiger partial charge in [0.1, 0.15) is 0 Å². The van der Waals surface area contributed by atoms with Crippen LogP contribution in [-0.2, 0) is 22.7 Å².